The number of ether oxygens (including phenoxy) is 1. The summed E-state index contributed by atoms with van der Waals surface area (Å²) in [6.45, 7) is 20.4. The van der Waals surface area contributed by atoms with Crippen molar-refractivity contribution in [3.05, 3.63) is 6.33 Å². The van der Waals surface area contributed by atoms with Crippen LogP contribution in [-0.4, -0.2) is 88.2 Å². The molecule has 0 saturated carbocycles. The average Bonchev–Trinajstić information content (AvgIpc) is 3.44. The summed E-state index contributed by atoms with van der Waals surface area (Å²) in [5, 5.41) is 17.5. The summed E-state index contributed by atoms with van der Waals surface area (Å²) >= 11 is 0. The van der Waals surface area contributed by atoms with Crippen LogP contribution >= 0.6 is 7.82 Å². The van der Waals surface area contributed by atoms with Crippen LogP contribution in [-0.2, 0) is 13.8 Å². The lowest BCUT2D eigenvalue weighted by molar-refractivity contribution is -0.894. The number of nitrogen functional groups attached to an aromatic ring is 1. The van der Waals surface area contributed by atoms with E-state index in [1.54, 1.807) is 9.80 Å². The SMILES string of the molecule is CC[NH+](CC)CC.CC[NH+](CC)CC.Nc1ncnc2c1nnn2[C@H]1C[C@@H](O)[C@@H](COP(=O)([O-])[O-])O1. The third-order valence-electron chi connectivity index (χ3n) is 6.16. The van der Waals surface area contributed by atoms with Gasteiger partial charge in [-0.3, -0.25) is 0 Å². The van der Waals surface area contributed by atoms with E-state index in [9.17, 15) is 19.5 Å². The maximum Gasteiger partial charge on any atom is 0.186 e. The summed E-state index contributed by atoms with van der Waals surface area (Å²) in [6.07, 6.45) is -1.44. The Bertz CT molecular complexity index is 898. The van der Waals surface area contributed by atoms with Crippen LogP contribution in [0.2, 0.25) is 0 Å². The second-order valence-electron chi connectivity index (χ2n) is 8.26. The molecule has 2 aromatic rings. The Morgan fingerprint density at radius 1 is 1.08 bits per heavy atom. The molecule has 0 aromatic carbocycles. The molecule has 3 rings (SSSR count). The predicted molar refractivity (Wildman–Crippen MR) is 131 cm³/mol. The molecule has 0 radical (unpaired) electrons. The number of nitrogens with two attached hydrogens (primary N) is 1. The Labute approximate surface area is 213 Å². The quantitative estimate of drug-likeness (QED) is 0.229. The molecule has 3 atom stereocenters. The lowest BCUT2D eigenvalue weighted by Gasteiger charge is -2.30. The van der Waals surface area contributed by atoms with Gasteiger partial charge in [-0.1, -0.05) is 5.21 Å². The normalized spacial score (nSPS) is 19.8. The second kappa shape index (κ2) is 16.2. The molecule has 1 aliphatic rings. The molecule has 14 nitrogen and oxygen atoms in total. The highest BCUT2D eigenvalue weighted by Crippen LogP contribution is 2.33. The van der Waals surface area contributed by atoms with E-state index >= 15 is 0 Å². The van der Waals surface area contributed by atoms with Gasteiger partial charge in [0.15, 0.2) is 23.2 Å². The Morgan fingerprint density at radius 2 is 1.61 bits per heavy atom. The first-order valence-electron chi connectivity index (χ1n) is 12.5. The fourth-order valence-electron chi connectivity index (χ4n) is 3.65. The number of phosphoric acid groups is 1. The van der Waals surface area contributed by atoms with Crippen molar-refractivity contribution < 1.29 is 38.5 Å². The number of hydrogen-bond donors (Lipinski definition) is 4. The molecule has 15 heteroatoms. The lowest BCUT2D eigenvalue weighted by atomic mass is 10.2. The van der Waals surface area contributed by atoms with Gasteiger partial charge in [-0.05, 0) is 41.5 Å². The number of aliphatic hydroxyl groups excluding tert-OH is 1. The predicted octanol–water partition coefficient (Wildman–Crippen LogP) is -2.84. The topological polar surface area (TPSA) is 193 Å². The summed E-state index contributed by atoms with van der Waals surface area (Å²) in [4.78, 5) is 32.1. The minimum atomic E-state index is -5.13. The van der Waals surface area contributed by atoms with Crippen LogP contribution in [0.3, 0.4) is 0 Å². The zero-order valence-corrected chi connectivity index (χ0v) is 23.1. The Hall–Kier alpha value is -1.77. The first-order valence-corrected chi connectivity index (χ1v) is 14.0. The molecule has 0 unspecified atom stereocenters. The van der Waals surface area contributed by atoms with E-state index in [2.05, 4.69) is 66.3 Å². The Balaban J connectivity index is 0.000000383. The van der Waals surface area contributed by atoms with Crippen molar-refractivity contribution in [2.45, 2.75) is 66.4 Å². The number of hydrogen-bond acceptors (Lipinski definition) is 11. The van der Waals surface area contributed by atoms with Crippen LogP contribution in [0.15, 0.2) is 6.33 Å². The summed E-state index contributed by atoms with van der Waals surface area (Å²) in [5.41, 5.74) is 6.23. The molecule has 0 bridgehead atoms. The van der Waals surface area contributed by atoms with Crippen LogP contribution in [0.5, 0.6) is 0 Å². The largest absolute Gasteiger partial charge is 0.790 e. The van der Waals surface area contributed by atoms with E-state index in [-0.39, 0.29) is 17.8 Å². The third kappa shape index (κ3) is 10.3. The molecule has 1 saturated heterocycles. The number of aromatic nitrogens is 5. The maximum absolute atomic E-state index is 10.5. The maximum atomic E-state index is 10.5. The number of nitrogens with one attached hydrogen (secondary N) is 2. The fourth-order valence-corrected chi connectivity index (χ4v) is 3.98. The molecule has 1 fully saturated rings. The minimum Gasteiger partial charge on any atom is -0.790 e. The third-order valence-corrected chi connectivity index (χ3v) is 6.63. The van der Waals surface area contributed by atoms with Crippen LogP contribution in [0.25, 0.3) is 11.2 Å². The molecule has 5 N–H and O–H groups in total. The highest BCUT2D eigenvalue weighted by atomic mass is 31.2. The average molecular weight is 535 g/mol. The number of aliphatic hydroxyl groups is 1. The van der Waals surface area contributed by atoms with Gasteiger partial charge < -0.3 is 44.3 Å². The van der Waals surface area contributed by atoms with Gasteiger partial charge in [0, 0.05) is 6.42 Å². The van der Waals surface area contributed by atoms with E-state index in [1.165, 1.54) is 50.3 Å². The zero-order valence-electron chi connectivity index (χ0n) is 22.2. The van der Waals surface area contributed by atoms with Crippen LogP contribution in [0.1, 0.15) is 54.2 Å². The van der Waals surface area contributed by atoms with E-state index in [1.807, 2.05) is 0 Å². The molecular formula is C21H43N8O6P. The van der Waals surface area contributed by atoms with Gasteiger partial charge >= 0.3 is 0 Å². The van der Waals surface area contributed by atoms with Crippen LogP contribution in [0, 0.1) is 0 Å². The molecule has 1 aliphatic heterocycles. The summed E-state index contributed by atoms with van der Waals surface area (Å²) in [7, 11) is -5.13. The highest BCUT2D eigenvalue weighted by molar-refractivity contribution is 7.43. The number of anilines is 1. The van der Waals surface area contributed by atoms with E-state index in [4.69, 9.17) is 10.5 Å². The Kier molecular flexibility index (Phi) is 14.5. The van der Waals surface area contributed by atoms with Crippen molar-refractivity contribution in [2.24, 2.45) is 0 Å². The van der Waals surface area contributed by atoms with Gasteiger partial charge in [0.2, 0.25) is 0 Å². The van der Waals surface area contributed by atoms with Crippen molar-refractivity contribution in [1.82, 2.24) is 25.0 Å². The van der Waals surface area contributed by atoms with Gasteiger partial charge in [0.1, 0.15) is 12.4 Å². The van der Waals surface area contributed by atoms with E-state index in [0.29, 0.717) is 5.65 Å². The van der Waals surface area contributed by atoms with Crippen molar-refractivity contribution in [3.8, 4) is 0 Å². The fraction of sp³-hybridized carbons (Fsp3) is 0.810. The van der Waals surface area contributed by atoms with E-state index < -0.39 is 32.9 Å². The molecule has 0 aliphatic carbocycles. The van der Waals surface area contributed by atoms with Crippen molar-refractivity contribution in [2.75, 3.05) is 51.6 Å². The monoisotopic (exact) mass is 534 g/mol. The summed E-state index contributed by atoms with van der Waals surface area (Å²) in [5.74, 6) is 0.147. The number of quaternary nitrogens is 2. The number of nitrogens with zero attached hydrogens (tertiary/aromatic N) is 5. The molecule has 0 spiro atoms. The first-order chi connectivity index (χ1) is 17.0. The molecule has 208 valence electrons. The smallest absolute Gasteiger partial charge is 0.186 e. The van der Waals surface area contributed by atoms with Gasteiger partial charge in [-0.15, -0.1) is 5.10 Å². The number of rotatable bonds is 10. The van der Waals surface area contributed by atoms with Crippen molar-refractivity contribution in [1.29, 1.82) is 0 Å². The summed E-state index contributed by atoms with van der Waals surface area (Å²) in [6, 6.07) is 0. The molecule has 3 heterocycles. The Morgan fingerprint density at radius 3 is 2.06 bits per heavy atom. The van der Waals surface area contributed by atoms with Crippen molar-refractivity contribution >= 4 is 24.8 Å². The zero-order chi connectivity index (χ0) is 27.3. The van der Waals surface area contributed by atoms with Gasteiger partial charge in [-0.25, -0.2) is 9.97 Å². The number of phosphoric ester groups is 1. The summed E-state index contributed by atoms with van der Waals surface area (Å²) < 4.78 is 21.3. The molecule has 2 aromatic heterocycles. The molecular weight excluding hydrogens is 491 g/mol. The van der Waals surface area contributed by atoms with E-state index in [0.717, 1.165) is 0 Å². The highest BCUT2D eigenvalue weighted by Gasteiger charge is 2.37. The lowest BCUT2D eigenvalue weighted by Crippen LogP contribution is -3.11. The van der Waals surface area contributed by atoms with Crippen LogP contribution < -0.4 is 25.3 Å². The molecule has 0 amide bonds. The van der Waals surface area contributed by atoms with Crippen LogP contribution in [0.4, 0.5) is 5.82 Å². The van der Waals surface area contributed by atoms with Gasteiger partial charge in [-0.2, -0.15) is 4.68 Å². The first kappa shape index (κ1) is 32.3. The standard InChI is InChI=1S/C9H13N6O6P.2C6H15N/c10-8-7-9(12-3-11-8)15(14-13-7)6-1-4(16)5(21-6)2-20-22(17,18)19;2*1-4-7(5-2)6-3/h3-6,16H,1-2H2,(H2,10,11,12)(H2,17,18,19);2*4-6H2,1-3H3/t4-,5-,6-;;/m1../s1. The van der Waals surface area contributed by atoms with Gasteiger partial charge in [0.05, 0.1) is 59.8 Å². The van der Waals surface area contributed by atoms with Crippen molar-refractivity contribution in [3.63, 3.8) is 0 Å². The number of fused-ring (bicyclic) bond motifs is 1. The second-order valence-corrected chi connectivity index (χ2v) is 9.41. The van der Waals surface area contributed by atoms with Gasteiger partial charge in [0.25, 0.3) is 0 Å². The molecule has 36 heavy (non-hydrogen) atoms. The minimum absolute atomic E-state index is 0.0956.